The normalized spacial score (nSPS) is 31.6. The Kier molecular flexibility index (Phi) is 3.71. The number of fused-ring (bicyclic) bond motifs is 4. The first-order valence-corrected chi connectivity index (χ1v) is 9.55. The van der Waals surface area contributed by atoms with Crippen LogP contribution in [0.4, 0.5) is 10.1 Å². The zero-order valence-electron chi connectivity index (χ0n) is 14.4. The van der Waals surface area contributed by atoms with Crippen molar-refractivity contribution in [2.75, 3.05) is 31.1 Å². The van der Waals surface area contributed by atoms with E-state index in [1.54, 1.807) is 6.07 Å². The fourth-order valence-corrected chi connectivity index (χ4v) is 5.05. The molecule has 6 heteroatoms. The third-order valence-electron chi connectivity index (χ3n) is 6.40. The number of piperazine rings is 1. The Labute approximate surface area is 147 Å². The van der Waals surface area contributed by atoms with Crippen molar-refractivity contribution in [2.24, 2.45) is 0 Å². The second kappa shape index (κ2) is 5.95. The van der Waals surface area contributed by atoms with Crippen LogP contribution in [0.5, 0.6) is 0 Å². The molecule has 5 heterocycles. The Morgan fingerprint density at radius 1 is 1.08 bits per heavy atom. The molecule has 4 fully saturated rings. The third-order valence-corrected chi connectivity index (χ3v) is 6.40. The predicted octanol–water partition coefficient (Wildman–Crippen LogP) is 1.47. The van der Waals surface area contributed by atoms with Crippen molar-refractivity contribution in [3.63, 3.8) is 0 Å². The second-order valence-electron chi connectivity index (χ2n) is 7.84. The number of carbonyl (C=O) groups is 1. The maximum absolute atomic E-state index is 14.8. The van der Waals surface area contributed by atoms with Gasteiger partial charge < -0.3 is 20.4 Å². The molecule has 3 unspecified atom stereocenters. The molecule has 1 aromatic rings. The molecular weight excluding hydrogens is 319 g/mol. The molecule has 4 saturated heterocycles. The molecule has 6 rings (SSSR count). The molecule has 5 nitrogen and oxygen atoms in total. The topological polar surface area (TPSA) is 47.6 Å². The lowest BCUT2D eigenvalue weighted by Crippen LogP contribution is -2.61. The number of amides is 1. The highest BCUT2D eigenvalue weighted by Gasteiger charge is 2.40. The van der Waals surface area contributed by atoms with E-state index in [1.165, 1.54) is 6.07 Å². The van der Waals surface area contributed by atoms with Crippen LogP contribution in [-0.2, 0) is 6.54 Å². The van der Waals surface area contributed by atoms with Crippen LogP contribution >= 0.6 is 0 Å². The summed E-state index contributed by atoms with van der Waals surface area (Å²) in [5.74, 6) is -0.104. The number of hydrogen-bond acceptors (Lipinski definition) is 4. The van der Waals surface area contributed by atoms with Gasteiger partial charge in [0.1, 0.15) is 5.82 Å². The van der Waals surface area contributed by atoms with Crippen LogP contribution < -0.4 is 15.5 Å². The highest BCUT2D eigenvalue weighted by atomic mass is 19.1. The summed E-state index contributed by atoms with van der Waals surface area (Å²) in [6, 6.07) is 4.18. The fraction of sp³-hybridized carbons (Fsp3) is 0.632. The van der Waals surface area contributed by atoms with Gasteiger partial charge in [-0.1, -0.05) is 0 Å². The van der Waals surface area contributed by atoms with Gasteiger partial charge in [0.25, 0.3) is 5.91 Å². The minimum absolute atomic E-state index is 0.0743. The molecule has 0 aromatic heterocycles. The molecule has 1 aromatic carbocycles. The molecule has 0 radical (unpaired) electrons. The van der Waals surface area contributed by atoms with Gasteiger partial charge in [-0.25, -0.2) is 4.39 Å². The number of nitrogens with zero attached hydrogens (tertiary/aromatic N) is 2. The van der Waals surface area contributed by atoms with Gasteiger partial charge in [-0.2, -0.15) is 0 Å². The van der Waals surface area contributed by atoms with Gasteiger partial charge in [0, 0.05) is 55.4 Å². The monoisotopic (exact) mass is 344 g/mol. The first-order valence-electron chi connectivity index (χ1n) is 9.55. The number of hydrogen-bond donors (Lipinski definition) is 2. The van der Waals surface area contributed by atoms with Gasteiger partial charge >= 0.3 is 0 Å². The van der Waals surface area contributed by atoms with E-state index in [0.717, 1.165) is 57.4 Å². The first kappa shape index (κ1) is 15.6. The average molecular weight is 344 g/mol. The smallest absolute Gasteiger partial charge is 0.254 e. The summed E-state index contributed by atoms with van der Waals surface area (Å²) < 4.78 is 14.8. The maximum Gasteiger partial charge on any atom is 0.254 e. The van der Waals surface area contributed by atoms with Crippen molar-refractivity contribution in [1.29, 1.82) is 0 Å². The number of nitrogens with one attached hydrogen (secondary N) is 2. The van der Waals surface area contributed by atoms with Crippen molar-refractivity contribution < 1.29 is 9.18 Å². The van der Waals surface area contributed by atoms with Gasteiger partial charge in [-0.15, -0.1) is 0 Å². The van der Waals surface area contributed by atoms with Gasteiger partial charge in [0.15, 0.2) is 0 Å². The van der Waals surface area contributed by atoms with Crippen molar-refractivity contribution >= 4 is 11.6 Å². The molecule has 25 heavy (non-hydrogen) atoms. The fourth-order valence-electron chi connectivity index (χ4n) is 5.05. The van der Waals surface area contributed by atoms with E-state index in [4.69, 9.17) is 0 Å². The van der Waals surface area contributed by atoms with Gasteiger partial charge in [0.2, 0.25) is 0 Å². The van der Waals surface area contributed by atoms with E-state index in [1.807, 2.05) is 4.90 Å². The summed E-state index contributed by atoms with van der Waals surface area (Å²) >= 11 is 0. The Morgan fingerprint density at radius 2 is 1.96 bits per heavy atom. The molecule has 1 amide bonds. The third kappa shape index (κ3) is 2.46. The highest BCUT2D eigenvalue weighted by molar-refractivity contribution is 6.00. The minimum Gasteiger partial charge on any atom is -0.363 e. The predicted molar refractivity (Wildman–Crippen MR) is 94.3 cm³/mol. The molecule has 5 aliphatic heterocycles. The number of benzene rings is 1. The van der Waals surface area contributed by atoms with Crippen molar-refractivity contribution in [3.05, 3.63) is 29.1 Å². The van der Waals surface area contributed by atoms with E-state index in [9.17, 15) is 9.18 Å². The Balaban J connectivity index is 1.50. The number of anilines is 1. The Hall–Kier alpha value is -1.66. The standard InChI is InChI=1S/C19H25FN4O/c20-17-6-5-15-16(11-24(19(15)25)13-2-1-7-21-8-13)18(17)23-10-12-3-4-14(23)9-22-12/h5-6,12-14,21-22H,1-4,7-11H2. The van der Waals surface area contributed by atoms with E-state index >= 15 is 0 Å². The molecule has 0 saturated carbocycles. The van der Waals surface area contributed by atoms with Crippen LogP contribution in [-0.4, -0.2) is 55.1 Å². The lowest BCUT2D eigenvalue weighted by atomic mass is 9.91. The lowest BCUT2D eigenvalue weighted by Gasteiger charge is -2.47. The highest BCUT2D eigenvalue weighted by Crippen LogP contribution is 2.39. The summed E-state index contributed by atoms with van der Waals surface area (Å²) in [5, 5.41) is 6.91. The average Bonchev–Trinajstić information content (AvgIpc) is 3.00. The minimum atomic E-state index is -0.178. The van der Waals surface area contributed by atoms with Gasteiger partial charge in [-0.3, -0.25) is 4.79 Å². The molecule has 2 bridgehead atoms. The summed E-state index contributed by atoms with van der Waals surface area (Å²) in [7, 11) is 0. The summed E-state index contributed by atoms with van der Waals surface area (Å²) in [5.41, 5.74) is 2.30. The quantitative estimate of drug-likeness (QED) is 0.853. The summed E-state index contributed by atoms with van der Waals surface area (Å²) in [6.07, 6.45) is 4.39. The zero-order chi connectivity index (χ0) is 17.0. The van der Waals surface area contributed by atoms with E-state index in [-0.39, 0.29) is 17.8 Å². The SMILES string of the molecule is O=C1c2ccc(F)c(N3CC4CCC3CN4)c2CN1C1CCCNC1. The van der Waals surface area contributed by atoms with E-state index in [0.29, 0.717) is 29.9 Å². The molecule has 2 N–H and O–H groups in total. The number of piperidine rings is 3. The molecule has 3 atom stereocenters. The number of rotatable bonds is 2. The first-order chi connectivity index (χ1) is 12.2. The number of carbonyl (C=O) groups excluding carboxylic acids is 1. The van der Waals surface area contributed by atoms with Crippen LogP contribution in [0.25, 0.3) is 0 Å². The molecule has 134 valence electrons. The Morgan fingerprint density at radius 3 is 2.64 bits per heavy atom. The van der Waals surface area contributed by atoms with E-state index in [2.05, 4.69) is 15.5 Å². The molecular formula is C19H25FN4O. The Bertz CT molecular complexity index is 695. The summed E-state index contributed by atoms with van der Waals surface area (Å²) in [4.78, 5) is 17.1. The molecule has 0 spiro atoms. The van der Waals surface area contributed by atoms with Crippen LogP contribution in [0.3, 0.4) is 0 Å². The zero-order valence-corrected chi connectivity index (χ0v) is 14.4. The van der Waals surface area contributed by atoms with Crippen LogP contribution in [0.1, 0.15) is 41.6 Å². The van der Waals surface area contributed by atoms with Crippen molar-refractivity contribution in [2.45, 2.75) is 50.4 Å². The van der Waals surface area contributed by atoms with Crippen molar-refractivity contribution in [3.8, 4) is 0 Å². The summed E-state index contributed by atoms with van der Waals surface area (Å²) in [6.45, 7) is 4.18. The van der Waals surface area contributed by atoms with E-state index < -0.39 is 0 Å². The molecule has 5 aliphatic rings. The maximum atomic E-state index is 14.8. The number of halogens is 1. The van der Waals surface area contributed by atoms with Crippen LogP contribution in [0.15, 0.2) is 12.1 Å². The molecule has 0 aliphatic carbocycles. The van der Waals surface area contributed by atoms with Crippen LogP contribution in [0, 0.1) is 5.82 Å². The van der Waals surface area contributed by atoms with Gasteiger partial charge in [-0.05, 0) is 44.4 Å². The second-order valence-corrected chi connectivity index (χ2v) is 7.84. The largest absolute Gasteiger partial charge is 0.363 e. The van der Waals surface area contributed by atoms with Gasteiger partial charge in [0.05, 0.1) is 5.69 Å². The van der Waals surface area contributed by atoms with Crippen LogP contribution in [0.2, 0.25) is 0 Å². The van der Waals surface area contributed by atoms with Crippen molar-refractivity contribution in [1.82, 2.24) is 15.5 Å². The lowest BCUT2D eigenvalue weighted by molar-refractivity contribution is 0.0674.